The number of sulfone groups is 1. The van der Waals surface area contributed by atoms with Crippen molar-refractivity contribution in [3.8, 4) is 11.3 Å². The molecule has 2 N–H and O–H groups in total. The number of carbonyl (C=O) groups excluding carboxylic acids is 1. The van der Waals surface area contributed by atoms with E-state index in [4.69, 9.17) is 0 Å². The summed E-state index contributed by atoms with van der Waals surface area (Å²) >= 11 is 0. The predicted molar refractivity (Wildman–Crippen MR) is 121 cm³/mol. The topological polar surface area (TPSA) is 101 Å². The Balaban J connectivity index is 1.64. The van der Waals surface area contributed by atoms with Crippen LogP contribution in [0.5, 0.6) is 0 Å². The van der Waals surface area contributed by atoms with Gasteiger partial charge in [-0.2, -0.15) is 0 Å². The van der Waals surface area contributed by atoms with E-state index in [1.165, 1.54) is 18.2 Å². The maximum absolute atomic E-state index is 14.0. The SMILES string of the molecule is CC1(C)CNC(=O)c2ccc(-c3ccnc(Nc4ccc(F)c(CS(C)(=O)=O)c4)n3)cc21. The van der Waals surface area contributed by atoms with E-state index in [1.54, 1.807) is 18.3 Å². The minimum absolute atomic E-state index is 0.0730. The fourth-order valence-electron chi connectivity index (χ4n) is 3.71. The second kappa shape index (κ2) is 7.98. The minimum atomic E-state index is -3.38. The van der Waals surface area contributed by atoms with Crippen molar-refractivity contribution in [2.24, 2.45) is 0 Å². The highest BCUT2D eigenvalue weighted by Gasteiger charge is 2.31. The Bertz CT molecular complexity index is 1320. The van der Waals surface area contributed by atoms with Crippen LogP contribution in [0.3, 0.4) is 0 Å². The average Bonchev–Trinajstić information content (AvgIpc) is 2.72. The molecule has 1 aromatic heterocycles. The molecule has 0 aliphatic carbocycles. The summed E-state index contributed by atoms with van der Waals surface area (Å²) in [5, 5.41) is 5.91. The van der Waals surface area contributed by atoms with Crippen LogP contribution in [0.25, 0.3) is 11.3 Å². The number of carbonyl (C=O) groups is 1. The van der Waals surface area contributed by atoms with Gasteiger partial charge in [0.05, 0.1) is 11.4 Å². The van der Waals surface area contributed by atoms with Gasteiger partial charge in [-0.25, -0.2) is 22.8 Å². The van der Waals surface area contributed by atoms with Gasteiger partial charge in [0.1, 0.15) is 5.82 Å². The smallest absolute Gasteiger partial charge is 0.251 e. The lowest BCUT2D eigenvalue weighted by atomic mass is 9.78. The van der Waals surface area contributed by atoms with Gasteiger partial charge in [0, 0.05) is 46.8 Å². The maximum atomic E-state index is 14.0. The number of aromatic nitrogens is 2. The molecule has 0 radical (unpaired) electrons. The molecule has 2 heterocycles. The van der Waals surface area contributed by atoms with Gasteiger partial charge < -0.3 is 10.6 Å². The van der Waals surface area contributed by atoms with Gasteiger partial charge in [-0.05, 0) is 42.0 Å². The molecular formula is C23H23FN4O3S. The third-order valence-electron chi connectivity index (χ3n) is 5.36. The molecule has 7 nitrogen and oxygen atoms in total. The standard InChI is InChI=1S/C23H23FN4O3S/c1-23(2)13-26-21(29)17-6-4-14(11-18(17)23)20-8-9-25-22(28-20)27-16-5-7-19(24)15(10-16)12-32(3,30)31/h4-11H,12-13H2,1-3H3,(H,26,29)(H,25,27,28). The summed E-state index contributed by atoms with van der Waals surface area (Å²) in [6, 6.07) is 11.5. The van der Waals surface area contributed by atoms with Crippen molar-refractivity contribution in [3.63, 3.8) is 0 Å². The molecule has 166 valence electrons. The van der Waals surface area contributed by atoms with Crippen molar-refractivity contribution in [2.75, 3.05) is 18.1 Å². The first-order valence-electron chi connectivity index (χ1n) is 10.0. The van der Waals surface area contributed by atoms with Gasteiger partial charge >= 0.3 is 0 Å². The monoisotopic (exact) mass is 454 g/mol. The van der Waals surface area contributed by atoms with Crippen LogP contribution in [0.15, 0.2) is 48.7 Å². The number of anilines is 2. The second-order valence-electron chi connectivity index (χ2n) is 8.59. The highest BCUT2D eigenvalue weighted by molar-refractivity contribution is 7.89. The van der Waals surface area contributed by atoms with Crippen molar-refractivity contribution in [1.82, 2.24) is 15.3 Å². The molecule has 1 amide bonds. The van der Waals surface area contributed by atoms with E-state index in [9.17, 15) is 17.6 Å². The van der Waals surface area contributed by atoms with Gasteiger partial charge in [-0.3, -0.25) is 4.79 Å². The van der Waals surface area contributed by atoms with Crippen molar-refractivity contribution in [1.29, 1.82) is 0 Å². The van der Waals surface area contributed by atoms with Gasteiger partial charge in [-0.15, -0.1) is 0 Å². The zero-order chi connectivity index (χ0) is 23.1. The Morgan fingerprint density at radius 3 is 2.69 bits per heavy atom. The molecule has 0 atom stereocenters. The number of hydrogen-bond acceptors (Lipinski definition) is 6. The van der Waals surface area contributed by atoms with Gasteiger partial charge in [0.15, 0.2) is 9.84 Å². The predicted octanol–water partition coefficient (Wildman–Crippen LogP) is 3.59. The van der Waals surface area contributed by atoms with Crippen molar-refractivity contribution >= 4 is 27.4 Å². The van der Waals surface area contributed by atoms with Crippen LogP contribution < -0.4 is 10.6 Å². The lowest BCUT2D eigenvalue weighted by Gasteiger charge is -2.32. The number of benzene rings is 2. The Labute approximate surface area is 186 Å². The summed E-state index contributed by atoms with van der Waals surface area (Å²) in [5.74, 6) is -0.782. The van der Waals surface area contributed by atoms with Crippen LogP contribution in [0.2, 0.25) is 0 Å². The van der Waals surface area contributed by atoms with Gasteiger partial charge in [-0.1, -0.05) is 19.9 Å². The van der Waals surface area contributed by atoms with E-state index >= 15 is 0 Å². The van der Waals surface area contributed by atoms with Gasteiger partial charge in [0.2, 0.25) is 5.95 Å². The summed E-state index contributed by atoms with van der Waals surface area (Å²) in [5.41, 5.74) is 3.45. The van der Waals surface area contributed by atoms with Crippen molar-refractivity contribution in [3.05, 3.63) is 71.2 Å². The summed E-state index contributed by atoms with van der Waals surface area (Å²) in [7, 11) is -3.38. The molecule has 1 aliphatic rings. The zero-order valence-electron chi connectivity index (χ0n) is 17.9. The first-order chi connectivity index (χ1) is 15.0. The molecule has 2 aromatic carbocycles. The summed E-state index contributed by atoms with van der Waals surface area (Å²) < 4.78 is 37.1. The first kappa shape index (κ1) is 21.9. The highest BCUT2D eigenvalue weighted by atomic mass is 32.2. The number of fused-ring (bicyclic) bond motifs is 1. The molecule has 0 unspecified atom stereocenters. The van der Waals surface area contributed by atoms with Crippen LogP contribution in [0.1, 0.15) is 35.3 Å². The maximum Gasteiger partial charge on any atom is 0.251 e. The molecular weight excluding hydrogens is 431 g/mol. The highest BCUT2D eigenvalue weighted by Crippen LogP contribution is 2.33. The molecule has 0 saturated heterocycles. The Morgan fingerprint density at radius 1 is 1.16 bits per heavy atom. The average molecular weight is 455 g/mol. The molecule has 3 aromatic rings. The fourth-order valence-corrected chi connectivity index (χ4v) is 4.49. The molecule has 4 rings (SSSR count). The van der Waals surface area contributed by atoms with E-state index in [0.29, 0.717) is 23.5 Å². The van der Waals surface area contributed by atoms with E-state index in [1.807, 2.05) is 12.1 Å². The number of nitrogens with zero attached hydrogens (tertiary/aromatic N) is 2. The lowest BCUT2D eigenvalue weighted by Crippen LogP contribution is -2.43. The largest absolute Gasteiger partial charge is 0.351 e. The molecule has 0 spiro atoms. The quantitative estimate of drug-likeness (QED) is 0.611. The van der Waals surface area contributed by atoms with Gasteiger partial charge in [0.25, 0.3) is 5.91 Å². The number of halogens is 1. The number of rotatable bonds is 5. The number of hydrogen-bond donors (Lipinski definition) is 2. The Morgan fingerprint density at radius 2 is 1.94 bits per heavy atom. The van der Waals surface area contributed by atoms with Crippen LogP contribution >= 0.6 is 0 Å². The molecule has 0 bridgehead atoms. The summed E-state index contributed by atoms with van der Waals surface area (Å²) in [6.07, 6.45) is 2.66. The fraction of sp³-hybridized carbons (Fsp3) is 0.261. The second-order valence-corrected chi connectivity index (χ2v) is 10.7. The molecule has 0 saturated carbocycles. The van der Waals surface area contributed by atoms with Crippen LogP contribution in [0, 0.1) is 5.82 Å². The third-order valence-corrected chi connectivity index (χ3v) is 6.19. The minimum Gasteiger partial charge on any atom is -0.351 e. The van der Waals surface area contributed by atoms with Crippen LogP contribution in [-0.4, -0.2) is 37.1 Å². The van der Waals surface area contributed by atoms with E-state index in [0.717, 1.165) is 17.4 Å². The van der Waals surface area contributed by atoms with Crippen LogP contribution in [-0.2, 0) is 21.0 Å². The summed E-state index contributed by atoms with van der Waals surface area (Å²) in [6.45, 7) is 4.70. The van der Waals surface area contributed by atoms with E-state index < -0.39 is 21.4 Å². The lowest BCUT2D eigenvalue weighted by molar-refractivity contribution is 0.0930. The number of nitrogens with one attached hydrogen (secondary N) is 2. The molecule has 32 heavy (non-hydrogen) atoms. The van der Waals surface area contributed by atoms with Crippen LogP contribution in [0.4, 0.5) is 16.0 Å². The van der Waals surface area contributed by atoms with Crippen molar-refractivity contribution in [2.45, 2.75) is 25.0 Å². The molecule has 0 fully saturated rings. The van der Waals surface area contributed by atoms with Crippen molar-refractivity contribution < 1.29 is 17.6 Å². The molecule has 9 heteroatoms. The molecule has 1 aliphatic heterocycles. The van der Waals surface area contributed by atoms with E-state index in [-0.39, 0.29) is 22.8 Å². The Hall–Kier alpha value is -3.33. The number of amides is 1. The van der Waals surface area contributed by atoms with E-state index in [2.05, 4.69) is 34.4 Å². The third kappa shape index (κ3) is 4.62. The summed E-state index contributed by atoms with van der Waals surface area (Å²) in [4.78, 5) is 21.0. The zero-order valence-corrected chi connectivity index (χ0v) is 18.8. The normalized spacial score (nSPS) is 15.1. The Kier molecular flexibility index (Phi) is 5.46. The first-order valence-corrected chi connectivity index (χ1v) is 12.1.